The van der Waals surface area contributed by atoms with Gasteiger partial charge < -0.3 is 0 Å². The average molecular weight is 250 g/mol. The zero-order valence-corrected chi connectivity index (χ0v) is 9.76. The summed E-state index contributed by atoms with van der Waals surface area (Å²) >= 11 is 1.48. The molecule has 0 unspecified atom stereocenters. The Balaban J connectivity index is 2.23. The second kappa shape index (κ2) is 3.63. The lowest BCUT2D eigenvalue weighted by molar-refractivity contribution is 0.511. The second-order valence-electron chi connectivity index (χ2n) is 3.76. The van der Waals surface area contributed by atoms with E-state index in [9.17, 15) is 8.78 Å². The van der Waals surface area contributed by atoms with Crippen LogP contribution in [-0.4, -0.2) is 9.38 Å². The van der Waals surface area contributed by atoms with Crippen LogP contribution in [0, 0.1) is 18.6 Å². The first-order valence-corrected chi connectivity index (χ1v) is 5.92. The molecule has 0 aliphatic carbocycles. The molecule has 17 heavy (non-hydrogen) atoms. The molecule has 0 radical (unpaired) electrons. The fourth-order valence-corrected chi connectivity index (χ4v) is 2.58. The van der Waals surface area contributed by atoms with Gasteiger partial charge in [-0.3, -0.25) is 4.40 Å². The van der Waals surface area contributed by atoms with E-state index >= 15 is 0 Å². The third kappa shape index (κ3) is 1.54. The number of hydrogen-bond acceptors (Lipinski definition) is 2. The van der Waals surface area contributed by atoms with Gasteiger partial charge in [0.2, 0.25) is 0 Å². The van der Waals surface area contributed by atoms with Crippen LogP contribution in [0.5, 0.6) is 0 Å². The molecule has 1 aromatic carbocycles. The molecule has 3 rings (SSSR count). The summed E-state index contributed by atoms with van der Waals surface area (Å²) in [6.07, 6.45) is 1.72. The van der Waals surface area contributed by atoms with E-state index in [2.05, 4.69) is 4.98 Å². The molecule has 0 bridgehead atoms. The summed E-state index contributed by atoms with van der Waals surface area (Å²) in [5, 5.41) is 1.97. The maximum absolute atomic E-state index is 13.6. The fourth-order valence-electron chi connectivity index (χ4n) is 1.73. The average Bonchev–Trinajstić information content (AvgIpc) is 2.85. The fraction of sp³-hybridized carbons (Fsp3) is 0.0833. The molecule has 2 aromatic heterocycles. The lowest BCUT2D eigenvalue weighted by Crippen LogP contribution is -1.88. The van der Waals surface area contributed by atoms with Crippen molar-refractivity contribution in [3.63, 3.8) is 0 Å². The number of aromatic nitrogens is 2. The standard InChI is InChI=1S/C12H8F2N2S/c1-7-6-17-12-15-10(5-16(7)12)8-3-2-4-9(13)11(8)14/h2-6H,1H3. The lowest BCUT2D eigenvalue weighted by Gasteiger charge is -1.99. The van der Waals surface area contributed by atoms with Gasteiger partial charge in [0.15, 0.2) is 16.6 Å². The van der Waals surface area contributed by atoms with E-state index in [1.807, 2.05) is 16.7 Å². The van der Waals surface area contributed by atoms with Crippen LogP contribution in [0.1, 0.15) is 5.69 Å². The van der Waals surface area contributed by atoms with E-state index < -0.39 is 11.6 Å². The van der Waals surface area contributed by atoms with E-state index in [4.69, 9.17) is 0 Å². The van der Waals surface area contributed by atoms with Crippen molar-refractivity contribution in [2.75, 3.05) is 0 Å². The summed E-state index contributed by atoms with van der Waals surface area (Å²) in [5.41, 5.74) is 1.68. The first-order chi connectivity index (χ1) is 8.16. The number of hydrogen-bond donors (Lipinski definition) is 0. The van der Waals surface area contributed by atoms with E-state index in [0.29, 0.717) is 5.69 Å². The Morgan fingerprint density at radius 2 is 2.12 bits per heavy atom. The normalized spacial score (nSPS) is 11.2. The molecule has 0 saturated heterocycles. The third-order valence-corrected chi connectivity index (χ3v) is 3.57. The van der Waals surface area contributed by atoms with Crippen LogP contribution in [0.25, 0.3) is 16.2 Å². The predicted octanol–water partition coefficient (Wildman–Crippen LogP) is 3.65. The summed E-state index contributed by atoms with van der Waals surface area (Å²) < 4.78 is 28.6. The summed E-state index contributed by atoms with van der Waals surface area (Å²) in [5.74, 6) is -1.70. The molecule has 0 atom stereocenters. The highest BCUT2D eigenvalue weighted by Crippen LogP contribution is 2.26. The second-order valence-corrected chi connectivity index (χ2v) is 4.59. The zero-order chi connectivity index (χ0) is 12.0. The minimum atomic E-state index is -0.851. The Morgan fingerprint density at radius 1 is 1.29 bits per heavy atom. The van der Waals surface area contributed by atoms with Crippen molar-refractivity contribution in [3.05, 3.63) is 47.1 Å². The Bertz CT molecular complexity index is 700. The largest absolute Gasteiger partial charge is 0.294 e. The number of nitrogens with zero attached hydrogens (tertiary/aromatic N) is 2. The van der Waals surface area contributed by atoms with Crippen molar-refractivity contribution in [3.8, 4) is 11.3 Å². The highest BCUT2D eigenvalue weighted by Gasteiger charge is 2.13. The third-order valence-electron chi connectivity index (χ3n) is 2.62. The van der Waals surface area contributed by atoms with E-state index in [1.165, 1.54) is 23.5 Å². The van der Waals surface area contributed by atoms with Crippen LogP contribution < -0.4 is 0 Å². The van der Waals surface area contributed by atoms with Crippen molar-refractivity contribution in [1.29, 1.82) is 0 Å². The van der Waals surface area contributed by atoms with Crippen molar-refractivity contribution >= 4 is 16.3 Å². The molecule has 2 nitrogen and oxygen atoms in total. The van der Waals surface area contributed by atoms with Crippen LogP contribution in [0.4, 0.5) is 8.78 Å². The highest BCUT2D eigenvalue weighted by molar-refractivity contribution is 7.15. The number of aryl methyl sites for hydroxylation is 1. The van der Waals surface area contributed by atoms with Crippen LogP contribution in [0.3, 0.4) is 0 Å². The van der Waals surface area contributed by atoms with Gasteiger partial charge in [0, 0.05) is 22.8 Å². The van der Waals surface area contributed by atoms with Gasteiger partial charge in [0.05, 0.1) is 5.69 Å². The molecule has 5 heteroatoms. The topological polar surface area (TPSA) is 17.3 Å². The molecule has 2 heterocycles. The molecular formula is C12H8F2N2S. The van der Waals surface area contributed by atoms with E-state index in [1.54, 1.807) is 6.20 Å². The number of halogens is 2. The number of rotatable bonds is 1. The number of thiazole rings is 1. The van der Waals surface area contributed by atoms with E-state index in [0.717, 1.165) is 16.7 Å². The summed E-state index contributed by atoms with van der Waals surface area (Å²) in [4.78, 5) is 5.06. The van der Waals surface area contributed by atoms with Gasteiger partial charge in [-0.05, 0) is 19.1 Å². The maximum atomic E-state index is 13.6. The van der Waals surface area contributed by atoms with Gasteiger partial charge in [-0.15, -0.1) is 11.3 Å². The quantitative estimate of drug-likeness (QED) is 0.644. The Hall–Kier alpha value is -1.75. The summed E-state index contributed by atoms with van der Waals surface area (Å²) in [6.45, 7) is 1.94. The molecule has 0 fully saturated rings. The molecule has 0 spiro atoms. The molecule has 0 N–H and O–H groups in total. The summed E-state index contributed by atoms with van der Waals surface area (Å²) in [6, 6.07) is 4.11. The molecule has 86 valence electrons. The maximum Gasteiger partial charge on any atom is 0.194 e. The lowest BCUT2D eigenvalue weighted by atomic mass is 10.1. The monoisotopic (exact) mass is 250 g/mol. The van der Waals surface area contributed by atoms with Crippen LogP contribution >= 0.6 is 11.3 Å². The van der Waals surface area contributed by atoms with Gasteiger partial charge in [0.1, 0.15) is 0 Å². The van der Waals surface area contributed by atoms with Crippen molar-refractivity contribution in [2.24, 2.45) is 0 Å². The first-order valence-electron chi connectivity index (χ1n) is 5.04. The van der Waals surface area contributed by atoms with Crippen molar-refractivity contribution in [2.45, 2.75) is 6.92 Å². The van der Waals surface area contributed by atoms with Gasteiger partial charge in [-0.25, -0.2) is 13.8 Å². The van der Waals surface area contributed by atoms with Crippen LogP contribution in [0.15, 0.2) is 29.8 Å². The van der Waals surface area contributed by atoms with Gasteiger partial charge in [-0.2, -0.15) is 0 Å². The highest BCUT2D eigenvalue weighted by atomic mass is 32.1. The molecule has 0 aliphatic rings. The zero-order valence-electron chi connectivity index (χ0n) is 8.95. The molecule has 0 amide bonds. The van der Waals surface area contributed by atoms with Crippen molar-refractivity contribution in [1.82, 2.24) is 9.38 Å². The van der Waals surface area contributed by atoms with Gasteiger partial charge >= 0.3 is 0 Å². The SMILES string of the molecule is Cc1csc2nc(-c3cccc(F)c3F)cn12. The number of benzene rings is 1. The molecular weight excluding hydrogens is 242 g/mol. The smallest absolute Gasteiger partial charge is 0.194 e. The molecule has 3 aromatic rings. The number of imidazole rings is 1. The van der Waals surface area contributed by atoms with E-state index in [-0.39, 0.29) is 5.56 Å². The Morgan fingerprint density at radius 3 is 2.88 bits per heavy atom. The Kier molecular flexibility index (Phi) is 2.22. The van der Waals surface area contributed by atoms with Crippen LogP contribution in [0.2, 0.25) is 0 Å². The summed E-state index contributed by atoms with van der Waals surface area (Å²) in [7, 11) is 0. The predicted molar refractivity (Wildman–Crippen MR) is 63.2 cm³/mol. The molecule has 0 saturated carbocycles. The van der Waals surface area contributed by atoms with Crippen molar-refractivity contribution < 1.29 is 8.78 Å². The minimum Gasteiger partial charge on any atom is -0.294 e. The van der Waals surface area contributed by atoms with Gasteiger partial charge in [-0.1, -0.05) is 6.07 Å². The Labute approximate surface area is 100 Å². The van der Waals surface area contributed by atoms with Gasteiger partial charge in [0.25, 0.3) is 0 Å². The minimum absolute atomic E-state index is 0.195. The number of fused-ring (bicyclic) bond motifs is 1. The van der Waals surface area contributed by atoms with Crippen LogP contribution in [-0.2, 0) is 0 Å². The first kappa shape index (κ1) is 10.4. The molecule has 0 aliphatic heterocycles.